The van der Waals surface area contributed by atoms with Crippen LogP contribution in [0, 0.1) is 0 Å². The highest BCUT2D eigenvalue weighted by molar-refractivity contribution is 5.18. The van der Waals surface area contributed by atoms with E-state index in [1.165, 1.54) is 11.1 Å². The molecule has 1 heteroatoms. The van der Waals surface area contributed by atoms with Crippen molar-refractivity contribution in [3.8, 4) is 0 Å². The fourth-order valence-electron chi connectivity index (χ4n) is 0.725. The molecule has 0 atom stereocenters. The average molecular weight is 127 g/mol. The maximum atomic E-state index is 2.97. The lowest BCUT2D eigenvalue weighted by atomic mass is 10.2. The third-order valence-electron chi connectivity index (χ3n) is 0.888. The number of allylic oxidation sites excluding steroid dienone is 3. The van der Waals surface area contributed by atoms with E-state index in [2.05, 4.69) is 32.2 Å². The second kappa shape index (κ2) is 4.19. The Bertz CT molecular complexity index is 132. The average Bonchev–Trinajstić information content (AvgIpc) is 1.63. The van der Waals surface area contributed by atoms with Crippen LogP contribution in [-0.4, -0.2) is 7.05 Å². The zero-order chi connectivity index (χ0) is 7.28. The van der Waals surface area contributed by atoms with Gasteiger partial charge in [-0.1, -0.05) is 11.6 Å². The second-order valence-electron chi connectivity index (χ2n) is 2.40. The van der Waals surface area contributed by atoms with Crippen molar-refractivity contribution in [2.75, 3.05) is 7.05 Å². The van der Waals surface area contributed by atoms with E-state index in [0.717, 1.165) is 0 Å². The van der Waals surface area contributed by atoms with E-state index in [1.807, 2.05) is 13.2 Å². The SMILES string of the molecule is CN/C=C(/C)C=C(C)C.[HH]. The third kappa shape index (κ3) is 5.15. The Morgan fingerprint density at radius 1 is 1.33 bits per heavy atom. The molecule has 0 aromatic rings. The Balaban J connectivity index is 0. The van der Waals surface area contributed by atoms with E-state index >= 15 is 0 Å². The van der Waals surface area contributed by atoms with Gasteiger partial charge in [0.2, 0.25) is 0 Å². The van der Waals surface area contributed by atoms with Crippen LogP contribution in [-0.2, 0) is 0 Å². The van der Waals surface area contributed by atoms with Crippen LogP contribution in [0.25, 0.3) is 0 Å². The third-order valence-corrected chi connectivity index (χ3v) is 0.888. The van der Waals surface area contributed by atoms with Gasteiger partial charge in [-0.15, -0.1) is 0 Å². The lowest BCUT2D eigenvalue weighted by Gasteiger charge is -1.92. The summed E-state index contributed by atoms with van der Waals surface area (Å²) in [5.74, 6) is 0. The molecule has 1 N–H and O–H groups in total. The fraction of sp³-hybridized carbons (Fsp3) is 0.500. The smallest absolute Gasteiger partial charge is 0.00277 e. The van der Waals surface area contributed by atoms with E-state index in [0.29, 0.717) is 0 Å². The first-order valence-electron chi connectivity index (χ1n) is 3.15. The lowest BCUT2D eigenvalue weighted by molar-refractivity contribution is 1.08. The summed E-state index contributed by atoms with van der Waals surface area (Å²) in [6.45, 7) is 6.25. The molecule has 0 saturated carbocycles. The van der Waals surface area contributed by atoms with Gasteiger partial charge in [-0.2, -0.15) is 0 Å². The largest absolute Gasteiger partial charge is 0.394 e. The van der Waals surface area contributed by atoms with Gasteiger partial charge in [0, 0.05) is 8.47 Å². The van der Waals surface area contributed by atoms with Crippen molar-refractivity contribution in [2.24, 2.45) is 0 Å². The molecule has 0 spiro atoms. The van der Waals surface area contributed by atoms with Crippen molar-refractivity contribution in [1.29, 1.82) is 0 Å². The lowest BCUT2D eigenvalue weighted by Crippen LogP contribution is -1.93. The number of nitrogens with one attached hydrogen (secondary N) is 1. The van der Waals surface area contributed by atoms with Crippen LogP contribution < -0.4 is 5.32 Å². The monoisotopic (exact) mass is 127 g/mol. The minimum Gasteiger partial charge on any atom is -0.394 e. The Hall–Kier alpha value is -0.720. The van der Waals surface area contributed by atoms with Crippen molar-refractivity contribution in [3.63, 3.8) is 0 Å². The molecule has 54 valence electrons. The first-order chi connectivity index (χ1) is 4.16. The highest BCUT2D eigenvalue weighted by Crippen LogP contribution is 1.97. The summed E-state index contributed by atoms with van der Waals surface area (Å²) in [4.78, 5) is 0. The molecule has 0 bridgehead atoms. The van der Waals surface area contributed by atoms with Crippen molar-refractivity contribution in [2.45, 2.75) is 20.8 Å². The van der Waals surface area contributed by atoms with E-state index in [4.69, 9.17) is 0 Å². The van der Waals surface area contributed by atoms with Crippen LogP contribution in [0.2, 0.25) is 0 Å². The standard InChI is InChI=1S/C8H15N.H2/c1-7(2)5-8(3)6-9-4;/h5-6,9H,1-4H3;1H/b8-6-;. The van der Waals surface area contributed by atoms with Gasteiger partial charge in [0.25, 0.3) is 0 Å². The van der Waals surface area contributed by atoms with Crippen LogP contribution in [0.15, 0.2) is 23.4 Å². The Labute approximate surface area is 58.9 Å². The van der Waals surface area contributed by atoms with E-state index in [1.54, 1.807) is 0 Å². The van der Waals surface area contributed by atoms with E-state index in [9.17, 15) is 0 Å². The molecule has 0 aliphatic rings. The van der Waals surface area contributed by atoms with Crippen LogP contribution in [0.5, 0.6) is 0 Å². The topological polar surface area (TPSA) is 12.0 Å². The van der Waals surface area contributed by atoms with E-state index < -0.39 is 0 Å². The van der Waals surface area contributed by atoms with Gasteiger partial charge in [0.05, 0.1) is 0 Å². The molecule has 0 unspecified atom stereocenters. The van der Waals surface area contributed by atoms with Gasteiger partial charge < -0.3 is 5.32 Å². The summed E-state index contributed by atoms with van der Waals surface area (Å²) in [5, 5.41) is 2.97. The van der Waals surface area contributed by atoms with Crippen molar-refractivity contribution >= 4 is 0 Å². The van der Waals surface area contributed by atoms with Crippen molar-refractivity contribution in [1.82, 2.24) is 5.32 Å². The summed E-state index contributed by atoms with van der Waals surface area (Å²) in [6, 6.07) is 0. The summed E-state index contributed by atoms with van der Waals surface area (Å²) < 4.78 is 0. The molecule has 0 aliphatic heterocycles. The van der Waals surface area contributed by atoms with Gasteiger partial charge in [0.15, 0.2) is 0 Å². The highest BCUT2D eigenvalue weighted by atomic mass is 14.8. The summed E-state index contributed by atoms with van der Waals surface area (Å²) in [6.07, 6.45) is 4.11. The Morgan fingerprint density at radius 3 is 2.22 bits per heavy atom. The van der Waals surface area contributed by atoms with Crippen LogP contribution in [0.4, 0.5) is 0 Å². The molecule has 0 radical (unpaired) electrons. The minimum atomic E-state index is 0. The summed E-state index contributed by atoms with van der Waals surface area (Å²) in [5.41, 5.74) is 2.59. The van der Waals surface area contributed by atoms with Gasteiger partial charge in [-0.05, 0) is 32.5 Å². The molecule has 9 heavy (non-hydrogen) atoms. The first-order valence-corrected chi connectivity index (χ1v) is 3.15. The maximum Gasteiger partial charge on any atom is 0.00277 e. The maximum absolute atomic E-state index is 2.97. The number of hydrogen-bond acceptors (Lipinski definition) is 1. The molecule has 0 amide bonds. The number of hydrogen-bond donors (Lipinski definition) is 1. The molecule has 0 saturated heterocycles. The molecule has 0 aromatic carbocycles. The molecule has 1 nitrogen and oxygen atoms in total. The quantitative estimate of drug-likeness (QED) is 0.561. The summed E-state index contributed by atoms with van der Waals surface area (Å²) >= 11 is 0. The molecular weight excluding hydrogens is 110 g/mol. The molecule has 0 aromatic heterocycles. The van der Waals surface area contributed by atoms with Crippen LogP contribution in [0.3, 0.4) is 0 Å². The number of rotatable bonds is 2. The van der Waals surface area contributed by atoms with Crippen LogP contribution >= 0.6 is 0 Å². The fourth-order valence-corrected chi connectivity index (χ4v) is 0.725. The Morgan fingerprint density at radius 2 is 1.89 bits per heavy atom. The van der Waals surface area contributed by atoms with Crippen LogP contribution in [0.1, 0.15) is 22.2 Å². The predicted molar refractivity (Wildman–Crippen MR) is 44.4 cm³/mol. The zero-order valence-electron chi connectivity index (χ0n) is 6.65. The Kier molecular flexibility index (Phi) is 3.85. The minimum absolute atomic E-state index is 0. The van der Waals surface area contributed by atoms with Gasteiger partial charge >= 0.3 is 0 Å². The van der Waals surface area contributed by atoms with E-state index in [-0.39, 0.29) is 1.43 Å². The molecule has 0 rings (SSSR count). The van der Waals surface area contributed by atoms with Gasteiger partial charge in [0.1, 0.15) is 0 Å². The normalized spacial score (nSPS) is 10.9. The molecule has 0 aliphatic carbocycles. The predicted octanol–water partition coefficient (Wildman–Crippen LogP) is 2.32. The second-order valence-corrected chi connectivity index (χ2v) is 2.40. The van der Waals surface area contributed by atoms with Crippen molar-refractivity contribution < 1.29 is 1.43 Å². The summed E-state index contributed by atoms with van der Waals surface area (Å²) in [7, 11) is 1.91. The zero-order valence-corrected chi connectivity index (χ0v) is 6.65. The van der Waals surface area contributed by atoms with Gasteiger partial charge in [-0.3, -0.25) is 0 Å². The van der Waals surface area contributed by atoms with Crippen molar-refractivity contribution in [3.05, 3.63) is 23.4 Å². The molecule has 0 heterocycles. The van der Waals surface area contributed by atoms with Gasteiger partial charge in [-0.25, -0.2) is 0 Å². The molecular formula is C8H17N. The molecule has 0 fully saturated rings. The highest BCUT2D eigenvalue weighted by Gasteiger charge is 1.79. The first kappa shape index (κ1) is 8.28.